The van der Waals surface area contributed by atoms with Gasteiger partial charge in [-0.1, -0.05) is 33.6 Å². The van der Waals surface area contributed by atoms with Crippen molar-refractivity contribution in [2.45, 2.75) is 59.0 Å². The molecule has 3 unspecified atom stereocenters. The highest BCUT2D eigenvalue weighted by Crippen LogP contribution is 2.32. The Balaban J connectivity index is 2.42. The van der Waals surface area contributed by atoms with E-state index in [0.29, 0.717) is 5.92 Å². The van der Waals surface area contributed by atoms with Gasteiger partial charge in [-0.25, -0.2) is 0 Å². The van der Waals surface area contributed by atoms with Gasteiger partial charge in [0.15, 0.2) is 0 Å². The van der Waals surface area contributed by atoms with Crippen molar-refractivity contribution in [2.75, 3.05) is 19.6 Å². The van der Waals surface area contributed by atoms with Crippen molar-refractivity contribution in [1.82, 2.24) is 4.90 Å². The number of rotatable bonds is 6. The van der Waals surface area contributed by atoms with Crippen LogP contribution in [-0.2, 0) is 0 Å². The molecule has 1 aliphatic rings. The van der Waals surface area contributed by atoms with Gasteiger partial charge in [0.25, 0.3) is 0 Å². The molecule has 0 amide bonds. The minimum absolute atomic E-state index is 0.0475. The van der Waals surface area contributed by atoms with Crippen molar-refractivity contribution in [1.29, 1.82) is 0 Å². The van der Waals surface area contributed by atoms with Crippen LogP contribution in [0.2, 0.25) is 0 Å². The van der Waals surface area contributed by atoms with Crippen molar-refractivity contribution in [3.63, 3.8) is 0 Å². The second kappa shape index (κ2) is 7.29. The lowest BCUT2D eigenvalue weighted by Gasteiger charge is -2.36. The monoisotopic (exact) mass is 227 g/mol. The Kier molecular flexibility index (Phi) is 6.37. The molecule has 1 saturated carbocycles. The first-order valence-electron chi connectivity index (χ1n) is 7.11. The summed E-state index contributed by atoms with van der Waals surface area (Å²) in [6.07, 6.45) is 6.10. The van der Waals surface area contributed by atoms with E-state index in [0.717, 1.165) is 32.0 Å². The van der Waals surface area contributed by atoms with E-state index in [-0.39, 0.29) is 6.10 Å². The topological polar surface area (TPSA) is 23.5 Å². The molecule has 1 fully saturated rings. The Hall–Kier alpha value is -0.0800. The van der Waals surface area contributed by atoms with Crippen molar-refractivity contribution >= 4 is 0 Å². The molecule has 1 N–H and O–H groups in total. The second-order valence-electron chi connectivity index (χ2n) is 5.28. The zero-order valence-electron chi connectivity index (χ0n) is 11.3. The molecule has 0 aromatic rings. The van der Waals surface area contributed by atoms with Crippen LogP contribution in [0.5, 0.6) is 0 Å². The van der Waals surface area contributed by atoms with Gasteiger partial charge in [-0.05, 0) is 44.2 Å². The number of aliphatic hydroxyl groups is 1. The molecule has 2 heteroatoms. The van der Waals surface area contributed by atoms with Crippen LogP contribution in [0.15, 0.2) is 0 Å². The summed E-state index contributed by atoms with van der Waals surface area (Å²) in [4.78, 5) is 2.45. The van der Waals surface area contributed by atoms with Crippen LogP contribution in [0.25, 0.3) is 0 Å². The van der Waals surface area contributed by atoms with E-state index in [4.69, 9.17) is 0 Å². The minimum Gasteiger partial charge on any atom is -0.393 e. The molecule has 0 bridgehead atoms. The van der Waals surface area contributed by atoms with Crippen LogP contribution in [0, 0.1) is 11.8 Å². The standard InChI is InChI=1S/C14H29NO/c1-4-7-12-8-9-14(16)13(10-12)11-15(5-2)6-3/h12-14,16H,4-11H2,1-3H3. The number of aliphatic hydroxyl groups excluding tert-OH is 1. The number of hydrogen-bond acceptors (Lipinski definition) is 2. The first kappa shape index (κ1) is 14.0. The van der Waals surface area contributed by atoms with Gasteiger partial charge in [-0.2, -0.15) is 0 Å². The fraction of sp³-hybridized carbons (Fsp3) is 1.00. The highest BCUT2D eigenvalue weighted by Gasteiger charge is 2.29. The molecule has 0 saturated heterocycles. The molecular weight excluding hydrogens is 198 g/mol. The first-order valence-corrected chi connectivity index (χ1v) is 7.11. The molecule has 0 aliphatic heterocycles. The number of hydrogen-bond donors (Lipinski definition) is 1. The Morgan fingerprint density at radius 1 is 1.12 bits per heavy atom. The van der Waals surface area contributed by atoms with Gasteiger partial charge in [-0.15, -0.1) is 0 Å². The van der Waals surface area contributed by atoms with E-state index < -0.39 is 0 Å². The lowest BCUT2D eigenvalue weighted by molar-refractivity contribution is 0.0274. The first-order chi connectivity index (χ1) is 7.71. The van der Waals surface area contributed by atoms with E-state index in [1.165, 1.54) is 25.7 Å². The molecular formula is C14H29NO. The Morgan fingerprint density at radius 2 is 1.81 bits per heavy atom. The van der Waals surface area contributed by atoms with Crippen LogP contribution in [0.1, 0.15) is 52.9 Å². The Morgan fingerprint density at radius 3 is 2.38 bits per heavy atom. The van der Waals surface area contributed by atoms with Gasteiger partial charge in [0.1, 0.15) is 0 Å². The molecule has 3 atom stereocenters. The van der Waals surface area contributed by atoms with E-state index >= 15 is 0 Å². The molecule has 16 heavy (non-hydrogen) atoms. The molecule has 0 heterocycles. The maximum Gasteiger partial charge on any atom is 0.0580 e. The van der Waals surface area contributed by atoms with E-state index in [1.807, 2.05) is 0 Å². The highest BCUT2D eigenvalue weighted by molar-refractivity contribution is 4.81. The molecule has 0 radical (unpaired) electrons. The molecule has 0 aromatic heterocycles. The molecule has 1 rings (SSSR count). The third-order valence-corrected chi connectivity index (χ3v) is 4.13. The van der Waals surface area contributed by atoms with Gasteiger partial charge in [-0.3, -0.25) is 0 Å². The predicted octanol–water partition coefficient (Wildman–Crippen LogP) is 2.91. The van der Waals surface area contributed by atoms with Crippen LogP contribution >= 0.6 is 0 Å². The van der Waals surface area contributed by atoms with E-state index in [9.17, 15) is 5.11 Å². The fourth-order valence-electron chi connectivity index (χ4n) is 3.03. The largest absolute Gasteiger partial charge is 0.393 e. The second-order valence-corrected chi connectivity index (χ2v) is 5.28. The van der Waals surface area contributed by atoms with E-state index in [2.05, 4.69) is 25.7 Å². The van der Waals surface area contributed by atoms with Crippen LogP contribution < -0.4 is 0 Å². The lowest BCUT2D eigenvalue weighted by Crippen LogP contribution is -2.38. The minimum atomic E-state index is -0.0475. The third kappa shape index (κ3) is 4.06. The Labute approximate surface area is 101 Å². The molecule has 96 valence electrons. The normalized spacial score (nSPS) is 30.9. The average Bonchev–Trinajstić information content (AvgIpc) is 2.30. The molecule has 0 aromatic carbocycles. The van der Waals surface area contributed by atoms with Gasteiger partial charge in [0.2, 0.25) is 0 Å². The average molecular weight is 227 g/mol. The van der Waals surface area contributed by atoms with Gasteiger partial charge in [0.05, 0.1) is 6.10 Å². The summed E-state index contributed by atoms with van der Waals surface area (Å²) in [5.74, 6) is 1.39. The molecule has 1 aliphatic carbocycles. The summed E-state index contributed by atoms with van der Waals surface area (Å²) in [6.45, 7) is 10.00. The fourth-order valence-corrected chi connectivity index (χ4v) is 3.03. The van der Waals surface area contributed by atoms with Gasteiger partial charge < -0.3 is 10.0 Å². The maximum absolute atomic E-state index is 10.1. The zero-order valence-corrected chi connectivity index (χ0v) is 11.3. The lowest BCUT2D eigenvalue weighted by atomic mass is 9.77. The summed E-state index contributed by atoms with van der Waals surface area (Å²) >= 11 is 0. The van der Waals surface area contributed by atoms with Gasteiger partial charge in [0, 0.05) is 6.54 Å². The zero-order chi connectivity index (χ0) is 12.0. The summed E-state index contributed by atoms with van der Waals surface area (Å²) < 4.78 is 0. The van der Waals surface area contributed by atoms with Gasteiger partial charge >= 0.3 is 0 Å². The van der Waals surface area contributed by atoms with Crippen molar-refractivity contribution in [2.24, 2.45) is 11.8 Å². The summed E-state index contributed by atoms with van der Waals surface area (Å²) in [6, 6.07) is 0. The van der Waals surface area contributed by atoms with Crippen molar-refractivity contribution < 1.29 is 5.11 Å². The summed E-state index contributed by atoms with van der Waals surface area (Å²) in [7, 11) is 0. The van der Waals surface area contributed by atoms with Crippen LogP contribution in [0.4, 0.5) is 0 Å². The van der Waals surface area contributed by atoms with Crippen molar-refractivity contribution in [3.05, 3.63) is 0 Å². The van der Waals surface area contributed by atoms with E-state index in [1.54, 1.807) is 0 Å². The highest BCUT2D eigenvalue weighted by atomic mass is 16.3. The smallest absolute Gasteiger partial charge is 0.0580 e. The predicted molar refractivity (Wildman–Crippen MR) is 69.5 cm³/mol. The Bertz CT molecular complexity index is 180. The summed E-state index contributed by atoms with van der Waals surface area (Å²) in [5, 5.41) is 10.1. The third-order valence-electron chi connectivity index (χ3n) is 4.13. The quantitative estimate of drug-likeness (QED) is 0.754. The van der Waals surface area contributed by atoms with Crippen molar-refractivity contribution in [3.8, 4) is 0 Å². The number of nitrogens with zero attached hydrogens (tertiary/aromatic N) is 1. The van der Waals surface area contributed by atoms with Crippen LogP contribution in [-0.4, -0.2) is 35.7 Å². The summed E-state index contributed by atoms with van der Waals surface area (Å²) in [5.41, 5.74) is 0. The molecule has 2 nitrogen and oxygen atoms in total. The molecule has 0 spiro atoms. The maximum atomic E-state index is 10.1. The van der Waals surface area contributed by atoms with Crippen LogP contribution in [0.3, 0.4) is 0 Å². The SMILES string of the molecule is CCCC1CCC(O)C(CN(CC)CC)C1.